The minimum atomic E-state index is -1.19. The summed E-state index contributed by atoms with van der Waals surface area (Å²) in [6, 6.07) is 4.07. The predicted octanol–water partition coefficient (Wildman–Crippen LogP) is 1.83. The van der Waals surface area contributed by atoms with Crippen molar-refractivity contribution in [1.29, 1.82) is 0 Å². The van der Waals surface area contributed by atoms with Gasteiger partial charge in [0.15, 0.2) is 0 Å². The number of aromatic amines is 1. The Bertz CT molecular complexity index is 1090. The molecule has 1 atom stereocenters. The number of amides is 3. The molecule has 1 aromatic carbocycles. The molecule has 2 aromatic rings. The second-order valence-electron chi connectivity index (χ2n) is 7.66. The number of hydrogen-bond donors (Lipinski definition) is 4. The molecule has 8 nitrogen and oxygen atoms in total. The summed E-state index contributed by atoms with van der Waals surface area (Å²) in [6.45, 7) is 3.60. The van der Waals surface area contributed by atoms with E-state index in [0.29, 0.717) is 39.3 Å². The van der Waals surface area contributed by atoms with Gasteiger partial charge in [-0.3, -0.25) is 14.4 Å². The highest BCUT2D eigenvalue weighted by atomic mass is 19.1. The molecule has 0 unspecified atom stereocenters. The zero-order valence-electron chi connectivity index (χ0n) is 17.8. The van der Waals surface area contributed by atoms with E-state index >= 15 is 0 Å². The Kier molecular flexibility index (Phi) is 6.26. The van der Waals surface area contributed by atoms with Gasteiger partial charge in [-0.25, -0.2) is 4.39 Å². The Morgan fingerprint density at radius 3 is 2.68 bits per heavy atom. The van der Waals surface area contributed by atoms with Crippen molar-refractivity contribution < 1.29 is 23.9 Å². The first-order valence-electron chi connectivity index (χ1n) is 9.79. The lowest BCUT2D eigenvalue weighted by Crippen LogP contribution is -2.36. The Morgan fingerprint density at radius 2 is 2.00 bits per heavy atom. The molecule has 0 aliphatic carbocycles. The number of anilines is 1. The van der Waals surface area contributed by atoms with Crippen molar-refractivity contribution in [2.45, 2.75) is 26.4 Å². The SMILES string of the molecule is Cc1[nH]c(C=C2C(=O)Nc3ccc(F)cc32)c(C)c1C(=O)NCC[C@H](O)C(=O)N(C)C. The number of aliphatic hydroxyl groups excluding tert-OH is 1. The molecule has 0 saturated carbocycles. The molecule has 0 fully saturated rings. The lowest BCUT2D eigenvalue weighted by Gasteiger charge is -2.16. The van der Waals surface area contributed by atoms with E-state index in [1.165, 1.54) is 23.1 Å². The maximum Gasteiger partial charge on any atom is 0.256 e. The van der Waals surface area contributed by atoms with Gasteiger partial charge in [-0.05, 0) is 50.1 Å². The number of benzene rings is 1. The summed E-state index contributed by atoms with van der Waals surface area (Å²) in [4.78, 5) is 41.1. The van der Waals surface area contributed by atoms with Crippen molar-refractivity contribution >= 4 is 35.1 Å². The number of carbonyl (C=O) groups is 3. The molecule has 2 heterocycles. The van der Waals surface area contributed by atoms with Crippen LogP contribution in [0.2, 0.25) is 0 Å². The number of halogens is 1. The van der Waals surface area contributed by atoms with Gasteiger partial charge in [0.05, 0.1) is 11.1 Å². The number of nitrogens with one attached hydrogen (secondary N) is 3. The number of aryl methyl sites for hydroxylation is 1. The Hall–Kier alpha value is -3.46. The van der Waals surface area contributed by atoms with E-state index in [1.54, 1.807) is 34.0 Å². The van der Waals surface area contributed by atoms with Gasteiger partial charge >= 0.3 is 0 Å². The van der Waals surface area contributed by atoms with Gasteiger partial charge in [0.2, 0.25) is 0 Å². The number of rotatable bonds is 6. The largest absolute Gasteiger partial charge is 0.383 e. The van der Waals surface area contributed by atoms with Crippen LogP contribution in [-0.2, 0) is 9.59 Å². The highest BCUT2D eigenvalue weighted by molar-refractivity contribution is 6.34. The van der Waals surface area contributed by atoms with Crippen LogP contribution in [0, 0.1) is 19.7 Å². The van der Waals surface area contributed by atoms with Crippen molar-refractivity contribution in [2.24, 2.45) is 0 Å². The van der Waals surface area contributed by atoms with Crippen molar-refractivity contribution in [1.82, 2.24) is 15.2 Å². The summed E-state index contributed by atoms with van der Waals surface area (Å²) in [5, 5.41) is 15.2. The zero-order chi connectivity index (χ0) is 22.9. The van der Waals surface area contributed by atoms with E-state index in [0.717, 1.165) is 0 Å². The quantitative estimate of drug-likeness (QED) is 0.526. The van der Waals surface area contributed by atoms with Crippen LogP contribution in [0.1, 0.15) is 39.3 Å². The molecule has 0 spiro atoms. The van der Waals surface area contributed by atoms with Crippen LogP contribution in [-0.4, -0.2) is 59.5 Å². The Morgan fingerprint density at radius 1 is 1.29 bits per heavy atom. The number of carbonyl (C=O) groups excluding carboxylic acids is 3. The third-order valence-corrected chi connectivity index (χ3v) is 5.19. The average Bonchev–Trinajstić information content (AvgIpc) is 3.16. The lowest BCUT2D eigenvalue weighted by molar-refractivity contribution is -0.137. The molecule has 1 aliphatic heterocycles. The predicted molar refractivity (Wildman–Crippen MR) is 115 cm³/mol. The first-order valence-corrected chi connectivity index (χ1v) is 9.79. The topological polar surface area (TPSA) is 115 Å². The van der Waals surface area contributed by atoms with Gasteiger partial charge in [-0.2, -0.15) is 0 Å². The number of fused-ring (bicyclic) bond motifs is 1. The van der Waals surface area contributed by atoms with E-state index in [9.17, 15) is 23.9 Å². The molecule has 9 heteroatoms. The van der Waals surface area contributed by atoms with E-state index < -0.39 is 17.8 Å². The molecule has 31 heavy (non-hydrogen) atoms. The van der Waals surface area contributed by atoms with E-state index in [2.05, 4.69) is 15.6 Å². The van der Waals surface area contributed by atoms with Crippen molar-refractivity contribution in [2.75, 3.05) is 26.0 Å². The first-order chi connectivity index (χ1) is 14.6. The molecule has 3 rings (SSSR count). The van der Waals surface area contributed by atoms with Gasteiger partial charge in [0, 0.05) is 43.3 Å². The fourth-order valence-corrected chi connectivity index (χ4v) is 3.54. The zero-order valence-corrected chi connectivity index (χ0v) is 17.8. The van der Waals surface area contributed by atoms with Crippen molar-refractivity contribution in [3.63, 3.8) is 0 Å². The molecule has 0 saturated heterocycles. The third kappa shape index (κ3) is 4.51. The maximum atomic E-state index is 13.7. The monoisotopic (exact) mass is 428 g/mol. The van der Waals surface area contributed by atoms with E-state index in [1.807, 2.05) is 0 Å². The molecule has 0 radical (unpaired) electrons. The summed E-state index contributed by atoms with van der Waals surface area (Å²) in [7, 11) is 3.09. The number of nitrogens with zero attached hydrogens (tertiary/aromatic N) is 1. The summed E-state index contributed by atoms with van der Waals surface area (Å²) < 4.78 is 13.7. The minimum Gasteiger partial charge on any atom is -0.383 e. The molecule has 1 aromatic heterocycles. The van der Waals surface area contributed by atoms with Crippen LogP contribution >= 0.6 is 0 Å². The standard InChI is InChI=1S/C22H25FN4O4/c1-11-17(10-15-14-9-13(23)5-6-16(14)26-20(15)29)25-12(2)19(11)21(30)24-8-7-18(28)22(31)27(3)4/h5-6,9-10,18,25,28H,7-8H2,1-4H3,(H,24,30)(H,26,29)/t18-/m0/s1. The molecular weight excluding hydrogens is 403 g/mol. The van der Waals surface area contributed by atoms with E-state index in [-0.39, 0.29) is 24.8 Å². The summed E-state index contributed by atoms with van der Waals surface area (Å²) >= 11 is 0. The van der Waals surface area contributed by atoms with Crippen molar-refractivity contribution in [3.05, 3.63) is 52.1 Å². The lowest BCUT2D eigenvalue weighted by atomic mass is 10.0. The highest BCUT2D eigenvalue weighted by Gasteiger charge is 2.26. The Balaban J connectivity index is 1.78. The second-order valence-corrected chi connectivity index (χ2v) is 7.66. The van der Waals surface area contributed by atoms with Gasteiger partial charge < -0.3 is 25.6 Å². The first kappa shape index (κ1) is 22.2. The number of likely N-dealkylation sites (N-methyl/N-ethyl adjacent to an activating group) is 1. The number of aromatic nitrogens is 1. The number of hydrogen-bond acceptors (Lipinski definition) is 4. The smallest absolute Gasteiger partial charge is 0.256 e. The number of aliphatic hydroxyl groups is 1. The maximum absolute atomic E-state index is 13.7. The van der Waals surface area contributed by atoms with Crippen LogP contribution < -0.4 is 10.6 Å². The minimum absolute atomic E-state index is 0.0880. The van der Waals surface area contributed by atoms with Crippen LogP contribution in [0.3, 0.4) is 0 Å². The average molecular weight is 428 g/mol. The van der Waals surface area contributed by atoms with Gasteiger partial charge in [-0.1, -0.05) is 0 Å². The van der Waals surface area contributed by atoms with Crippen LogP contribution in [0.25, 0.3) is 11.6 Å². The molecule has 1 aliphatic rings. The fourth-order valence-electron chi connectivity index (χ4n) is 3.54. The highest BCUT2D eigenvalue weighted by Crippen LogP contribution is 2.34. The normalized spacial score (nSPS) is 14.9. The Labute approximate surface area is 179 Å². The summed E-state index contributed by atoms with van der Waals surface area (Å²) in [5.41, 5.74) is 3.50. The van der Waals surface area contributed by atoms with Gasteiger partial charge in [0.25, 0.3) is 17.7 Å². The molecule has 3 amide bonds. The number of H-pyrrole nitrogens is 1. The molecule has 164 valence electrons. The van der Waals surface area contributed by atoms with Crippen molar-refractivity contribution in [3.8, 4) is 0 Å². The van der Waals surface area contributed by atoms with Crippen LogP contribution in [0.15, 0.2) is 18.2 Å². The fraction of sp³-hybridized carbons (Fsp3) is 0.318. The molecular formula is C22H25FN4O4. The third-order valence-electron chi connectivity index (χ3n) is 5.19. The molecule has 0 bridgehead atoms. The van der Waals surface area contributed by atoms with Crippen LogP contribution in [0.5, 0.6) is 0 Å². The summed E-state index contributed by atoms with van der Waals surface area (Å²) in [5.74, 6) is -1.58. The molecule has 4 N–H and O–H groups in total. The second kappa shape index (κ2) is 8.73. The van der Waals surface area contributed by atoms with Gasteiger partial charge in [-0.15, -0.1) is 0 Å². The van der Waals surface area contributed by atoms with Gasteiger partial charge in [0.1, 0.15) is 11.9 Å². The van der Waals surface area contributed by atoms with Crippen LogP contribution in [0.4, 0.5) is 10.1 Å². The van der Waals surface area contributed by atoms with E-state index in [4.69, 9.17) is 0 Å². The summed E-state index contributed by atoms with van der Waals surface area (Å²) in [6.07, 6.45) is 0.495.